The van der Waals surface area contributed by atoms with Crippen molar-refractivity contribution in [3.05, 3.63) is 35.1 Å². The molecule has 17 heavy (non-hydrogen) atoms. The van der Waals surface area contributed by atoms with Crippen molar-refractivity contribution >= 4 is 0 Å². The molecule has 0 bridgehead atoms. The molecule has 0 spiro atoms. The SMILES string of the molecule is Cc1ccc(F)c(C2(O)CC(C)CC(C)C2)c1. The molecule has 1 aliphatic carbocycles. The summed E-state index contributed by atoms with van der Waals surface area (Å²) in [6.07, 6.45) is 2.45. The molecular formula is C15H21FO. The Labute approximate surface area is 103 Å². The highest BCUT2D eigenvalue weighted by molar-refractivity contribution is 5.29. The standard InChI is InChI=1S/C15H21FO/c1-10-4-5-14(16)13(7-10)15(17)8-11(2)6-12(3)9-15/h4-5,7,11-12,17H,6,8-9H2,1-3H3. The normalized spacial score (nSPS) is 33.7. The third-order valence-electron chi connectivity index (χ3n) is 3.80. The Hall–Kier alpha value is -0.890. The van der Waals surface area contributed by atoms with Crippen molar-refractivity contribution in [1.29, 1.82) is 0 Å². The van der Waals surface area contributed by atoms with Crippen LogP contribution in [0.15, 0.2) is 18.2 Å². The van der Waals surface area contributed by atoms with E-state index in [0.29, 0.717) is 30.2 Å². The molecule has 1 aromatic rings. The Morgan fingerprint density at radius 3 is 2.41 bits per heavy atom. The van der Waals surface area contributed by atoms with E-state index in [2.05, 4.69) is 13.8 Å². The molecule has 0 radical (unpaired) electrons. The molecule has 1 fully saturated rings. The van der Waals surface area contributed by atoms with Crippen LogP contribution >= 0.6 is 0 Å². The summed E-state index contributed by atoms with van der Waals surface area (Å²) in [7, 11) is 0. The molecule has 94 valence electrons. The number of halogens is 1. The molecule has 2 heteroatoms. The van der Waals surface area contributed by atoms with E-state index in [9.17, 15) is 9.50 Å². The first kappa shape index (κ1) is 12.6. The Morgan fingerprint density at radius 1 is 1.24 bits per heavy atom. The van der Waals surface area contributed by atoms with Crippen LogP contribution in [0.3, 0.4) is 0 Å². The highest BCUT2D eigenvalue weighted by Crippen LogP contribution is 2.43. The van der Waals surface area contributed by atoms with Crippen LogP contribution in [0.5, 0.6) is 0 Å². The minimum atomic E-state index is -0.979. The van der Waals surface area contributed by atoms with Gasteiger partial charge in [0.15, 0.2) is 0 Å². The van der Waals surface area contributed by atoms with E-state index >= 15 is 0 Å². The van der Waals surface area contributed by atoms with E-state index < -0.39 is 5.60 Å². The van der Waals surface area contributed by atoms with Gasteiger partial charge in [-0.3, -0.25) is 0 Å². The summed E-state index contributed by atoms with van der Waals surface area (Å²) in [6.45, 7) is 6.20. The quantitative estimate of drug-likeness (QED) is 0.786. The lowest BCUT2D eigenvalue weighted by Crippen LogP contribution is -2.36. The number of aryl methyl sites for hydroxylation is 1. The van der Waals surface area contributed by atoms with Crippen LogP contribution in [0.1, 0.15) is 44.2 Å². The van der Waals surface area contributed by atoms with E-state index in [-0.39, 0.29) is 5.82 Å². The largest absolute Gasteiger partial charge is 0.385 e. The maximum Gasteiger partial charge on any atom is 0.129 e. The van der Waals surface area contributed by atoms with Crippen LogP contribution < -0.4 is 0 Å². The summed E-state index contributed by atoms with van der Waals surface area (Å²) in [5, 5.41) is 10.7. The van der Waals surface area contributed by atoms with Crippen LogP contribution in [0.4, 0.5) is 4.39 Å². The lowest BCUT2D eigenvalue weighted by molar-refractivity contribution is -0.0389. The van der Waals surface area contributed by atoms with Gasteiger partial charge in [-0.05, 0) is 44.1 Å². The first-order chi connectivity index (χ1) is 7.90. The molecular weight excluding hydrogens is 215 g/mol. The second kappa shape index (κ2) is 4.41. The summed E-state index contributed by atoms with van der Waals surface area (Å²) in [6, 6.07) is 5.00. The minimum absolute atomic E-state index is 0.278. The molecule has 1 N–H and O–H groups in total. The van der Waals surface area contributed by atoms with Gasteiger partial charge in [-0.1, -0.05) is 31.5 Å². The maximum absolute atomic E-state index is 13.9. The van der Waals surface area contributed by atoms with Crippen molar-refractivity contribution in [3.63, 3.8) is 0 Å². The smallest absolute Gasteiger partial charge is 0.129 e. The van der Waals surface area contributed by atoms with Crippen molar-refractivity contribution in [2.45, 2.75) is 45.6 Å². The van der Waals surface area contributed by atoms with E-state index in [0.717, 1.165) is 12.0 Å². The van der Waals surface area contributed by atoms with Crippen LogP contribution in [0.25, 0.3) is 0 Å². The Kier molecular flexibility index (Phi) is 3.26. The minimum Gasteiger partial charge on any atom is -0.385 e. The van der Waals surface area contributed by atoms with Gasteiger partial charge in [-0.2, -0.15) is 0 Å². The predicted molar refractivity (Wildman–Crippen MR) is 67.2 cm³/mol. The second-order valence-electron chi connectivity index (χ2n) is 5.87. The fourth-order valence-electron chi connectivity index (χ4n) is 3.31. The number of hydrogen-bond acceptors (Lipinski definition) is 1. The molecule has 2 unspecified atom stereocenters. The summed E-state index contributed by atoms with van der Waals surface area (Å²) < 4.78 is 13.9. The molecule has 1 nitrogen and oxygen atoms in total. The van der Waals surface area contributed by atoms with E-state index in [1.807, 2.05) is 6.92 Å². The second-order valence-corrected chi connectivity index (χ2v) is 5.87. The lowest BCUT2D eigenvalue weighted by atomic mass is 9.70. The average Bonchev–Trinajstić information content (AvgIpc) is 2.19. The van der Waals surface area contributed by atoms with Crippen molar-refractivity contribution in [2.24, 2.45) is 11.8 Å². The summed E-state index contributed by atoms with van der Waals surface area (Å²) >= 11 is 0. The van der Waals surface area contributed by atoms with Crippen molar-refractivity contribution in [1.82, 2.24) is 0 Å². The molecule has 1 aromatic carbocycles. The van der Waals surface area contributed by atoms with Gasteiger partial charge in [0.2, 0.25) is 0 Å². The highest BCUT2D eigenvalue weighted by Gasteiger charge is 2.39. The summed E-state index contributed by atoms with van der Waals surface area (Å²) in [4.78, 5) is 0. The van der Waals surface area contributed by atoms with Gasteiger partial charge >= 0.3 is 0 Å². The average molecular weight is 236 g/mol. The molecule has 0 saturated heterocycles. The molecule has 0 aliphatic heterocycles. The first-order valence-corrected chi connectivity index (χ1v) is 6.40. The number of rotatable bonds is 1. The van der Waals surface area contributed by atoms with Crippen molar-refractivity contribution in [3.8, 4) is 0 Å². The first-order valence-electron chi connectivity index (χ1n) is 6.40. The van der Waals surface area contributed by atoms with Gasteiger partial charge in [-0.15, -0.1) is 0 Å². The van der Waals surface area contributed by atoms with Gasteiger partial charge in [0.1, 0.15) is 5.82 Å². The predicted octanol–water partition coefficient (Wildman–Crippen LogP) is 3.78. The fraction of sp³-hybridized carbons (Fsp3) is 0.600. The van der Waals surface area contributed by atoms with Crippen LogP contribution in [-0.4, -0.2) is 5.11 Å². The fourth-order valence-corrected chi connectivity index (χ4v) is 3.31. The zero-order valence-corrected chi connectivity index (χ0v) is 10.8. The maximum atomic E-state index is 13.9. The number of aliphatic hydroxyl groups is 1. The Bertz CT molecular complexity index is 403. The van der Waals surface area contributed by atoms with Crippen molar-refractivity contribution in [2.75, 3.05) is 0 Å². The van der Waals surface area contributed by atoms with Gasteiger partial charge in [0.05, 0.1) is 5.60 Å². The molecule has 0 heterocycles. The number of benzene rings is 1. The zero-order valence-electron chi connectivity index (χ0n) is 10.8. The summed E-state index contributed by atoms with van der Waals surface area (Å²) in [5.41, 5.74) is 0.504. The lowest BCUT2D eigenvalue weighted by Gasteiger charge is -2.39. The third-order valence-corrected chi connectivity index (χ3v) is 3.80. The topological polar surface area (TPSA) is 20.2 Å². The van der Waals surface area contributed by atoms with E-state index in [4.69, 9.17) is 0 Å². The highest BCUT2D eigenvalue weighted by atomic mass is 19.1. The van der Waals surface area contributed by atoms with Gasteiger partial charge in [0.25, 0.3) is 0 Å². The molecule has 0 aromatic heterocycles. The number of hydrogen-bond donors (Lipinski definition) is 1. The van der Waals surface area contributed by atoms with Crippen LogP contribution in [0.2, 0.25) is 0 Å². The Balaban J connectivity index is 2.39. The molecule has 2 atom stereocenters. The van der Waals surface area contributed by atoms with Gasteiger partial charge in [0, 0.05) is 5.56 Å². The van der Waals surface area contributed by atoms with E-state index in [1.54, 1.807) is 12.1 Å². The Morgan fingerprint density at radius 2 is 1.82 bits per heavy atom. The zero-order chi connectivity index (χ0) is 12.6. The third kappa shape index (κ3) is 2.52. The molecule has 1 aliphatic rings. The molecule has 2 rings (SSSR count). The van der Waals surface area contributed by atoms with Crippen LogP contribution in [-0.2, 0) is 5.60 Å². The van der Waals surface area contributed by atoms with E-state index in [1.165, 1.54) is 6.07 Å². The van der Waals surface area contributed by atoms with Gasteiger partial charge < -0.3 is 5.11 Å². The molecule has 1 saturated carbocycles. The van der Waals surface area contributed by atoms with Gasteiger partial charge in [-0.25, -0.2) is 4.39 Å². The van der Waals surface area contributed by atoms with Crippen LogP contribution in [0, 0.1) is 24.6 Å². The van der Waals surface area contributed by atoms with Crippen molar-refractivity contribution < 1.29 is 9.50 Å². The monoisotopic (exact) mass is 236 g/mol. The molecule has 0 amide bonds. The summed E-state index contributed by atoms with van der Waals surface area (Å²) in [5.74, 6) is 0.617.